The largest absolute Gasteiger partial charge is 0.744 e. The van der Waals surface area contributed by atoms with Gasteiger partial charge in [-0.25, -0.2) is 8.42 Å². The summed E-state index contributed by atoms with van der Waals surface area (Å²) in [6, 6.07) is 48.1. The van der Waals surface area contributed by atoms with E-state index in [9.17, 15) is 13.0 Å². The second kappa shape index (κ2) is 13.2. The highest BCUT2D eigenvalue weighted by Gasteiger charge is 2.31. The molecule has 0 aromatic heterocycles. The van der Waals surface area contributed by atoms with Gasteiger partial charge in [0.25, 0.3) is 0 Å². The summed E-state index contributed by atoms with van der Waals surface area (Å²) in [7, 11) is -9.44. The van der Waals surface area contributed by atoms with Crippen molar-refractivity contribution in [2.24, 2.45) is 0 Å². The van der Waals surface area contributed by atoms with E-state index in [1.807, 2.05) is 115 Å². The average Bonchev–Trinajstić information content (AvgIpc) is 3.19. The van der Waals surface area contributed by atoms with Crippen molar-refractivity contribution in [3.8, 4) is 39.1 Å². The number of rotatable bonds is 7. The van der Waals surface area contributed by atoms with Crippen molar-refractivity contribution in [2.45, 2.75) is 35.5 Å². The molecule has 8 aromatic rings. The van der Waals surface area contributed by atoms with E-state index >= 15 is 8.42 Å². The zero-order chi connectivity index (χ0) is 37.0. The Bertz CT molecular complexity index is 2910. The van der Waals surface area contributed by atoms with Gasteiger partial charge in [0.1, 0.15) is 20.8 Å². The van der Waals surface area contributed by atoms with E-state index in [-0.39, 0.29) is 15.5 Å². The molecule has 266 valence electrons. The quantitative estimate of drug-likeness (QED) is 0.119. The van der Waals surface area contributed by atoms with Gasteiger partial charge in [-0.2, -0.15) is 8.42 Å². The molecule has 9 rings (SSSR count). The molecule has 1 aliphatic carbocycles. The normalized spacial score (nSPS) is 13.3. The van der Waals surface area contributed by atoms with Crippen LogP contribution in [0.5, 0.6) is 5.75 Å². The molecule has 0 saturated carbocycles. The smallest absolute Gasteiger partial charge is 0.340 e. The molecule has 0 bridgehead atoms. The van der Waals surface area contributed by atoms with Crippen LogP contribution in [0.25, 0.3) is 65.7 Å². The first-order valence-electron chi connectivity index (χ1n) is 17.8. The third-order valence-electron chi connectivity index (χ3n) is 10.5. The zero-order valence-corrected chi connectivity index (χ0v) is 30.7. The predicted octanol–water partition coefficient (Wildman–Crippen LogP) is 10.7. The van der Waals surface area contributed by atoms with Crippen LogP contribution in [0.2, 0.25) is 0 Å². The van der Waals surface area contributed by atoms with Gasteiger partial charge in [0.05, 0.1) is 4.90 Å². The fourth-order valence-electron chi connectivity index (χ4n) is 8.13. The molecule has 0 heterocycles. The highest BCUT2D eigenvalue weighted by molar-refractivity contribution is 7.87. The fourth-order valence-corrected chi connectivity index (χ4v) is 10.2. The molecule has 8 heteroatoms. The van der Waals surface area contributed by atoms with Crippen LogP contribution in [-0.2, 0) is 33.1 Å². The fraction of sp³-hybridized carbons (Fsp3) is 0.0870. The lowest BCUT2D eigenvalue weighted by atomic mass is 9.88. The maximum Gasteiger partial charge on any atom is 0.340 e. The van der Waals surface area contributed by atoms with E-state index in [2.05, 4.69) is 24.3 Å². The molecule has 0 amide bonds. The van der Waals surface area contributed by atoms with Crippen LogP contribution in [0.15, 0.2) is 161 Å². The van der Waals surface area contributed by atoms with E-state index in [1.165, 1.54) is 12.1 Å². The summed E-state index contributed by atoms with van der Waals surface area (Å²) in [5.41, 5.74) is 4.91. The highest BCUT2D eigenvalue weighted by atomic mass is 32.2. The van der Waals surface area contributed by atoms with Crippen LogP contribution in [0.1, 0.15) is 24.0 Å². The van der Waals surface area contributed by atoms with Crippen LogP contribution in [0, 0.1) is 0 Å². The van der Waals surface area contributed by atoms with E-state index in [0.717, 1.165) is 43.4 Å². The minimum Gasteiger partial charge on any atom is -0.744 e. The first-order valence-corrected chi connectivity index (χ1v) is 20.7. The van der Waals surface area contributed by atoms with E-state index in [1.54, 1.807) is 0 Å². The second-order valence-corrected chi connectivity index (χ2v) is 16.5. The summed E-state index contributed by atoms with van der Waals surface area (Å²) in [5.74, 6) is 0.0305. The Balaban J connectivity index is 1.39. The lowest BCUT2D eigenvalue weighted by molar-refractivity contribution is 0.459. The Kier molecular flexibility index (Phi) is 8.34. The molecule has 0 unspecified atom stereocenters. The van der Waals surface area contributed by atoms with Gasteiger partial charge < -0.3 is 8.74 Å². The Hall–Kier alpha value is -5.80. The van der Waals surface area contributed by atoms with Gasteiger partial charge in [-0.1, -0.05) is 127 Å². The van der Waals surface area contributed by atoms with Gasteiger partial charge in [0.2, 0.25) is 0 Å². The first-order chi connectivity index (χ1) is 26.2. The van der Waals surface area contributed by atoms with E-state index in [4.69, 9.17) is 4.18 Å². The Morgan fingerprint density at radius 1 is 0.463 bits per heavy atom. The summed E-state index contributed by atoms with van der Waals surface area (Å²) in [6.45, 7) is 0. The van der Waals surface area contributed by atoms with Gasteiger partial charge in [-0.05, 0) is 110 Å². The maximum atomic E-state index is 15.3. The number of hydrogen-bond donors (Lipinski definition) is 0. The van der Waals surface area contributed by atoms with Crippen molar-refractivity contribution < 1.29 is 25.6 Å². The van der Waals surface area contributed by atoms with Crippen molar-refractivity contribution in [1.82, 2.24) is 0 Å². The topological polar surface area (TPSA) is 101 Å². The molecule has 8 aromatic carbocycles. The molecule has 0 radical (unpaired) electrons. The van der Waals surface area contributed by atoms with Gasteiger partial charge in [-0.15, -0.1) is 0 Å². The average molecular weight is 746 g/mol. The van der Waals surface area contributed by atoms with Crippen LogP contribution in [-0.4, -0.2) is 21.4 Å². The molecule has 0 saturated heterocycles. The molecule has 0 atom stereocenters. The molecule has 6 nitrogen and oxygen atoms in total. The van der Waals surface area contributed by atoms with Gasteiger partial charge in [0, 0.05) is 16.7 Å². The van der Waals surface area contributed by atoms with Crippen molar-refractivity contribution in [1.29, 1.82) is 0 Å². The molecule has 1 aliphatic rings. The van der Waals surface area contributed by atoms with Gasteiger partial charge in [0.15, 0.2) is 0 Å². The molecular weight excluding hydrogens is 713 g/mol. The molecule has 0 N–H and O–H groups in total. The predicted molar refractivity (Wildman–Crippen MR) is 214 cm³/mol. The van der Waals surface area contributed by atoms with Crippen molar-refractivity contribution in [3.63, 3.8) is 0 Å². The van der Waals surface area contributed by atoms with E-state index in [0.29, 0.717) is 59.1 Å². The van der Waals surface area contributed by atoms with Crippen LogP contribution in [0.3, 0.4) is 0 Å². The molecule has 0 fully saturated rings. The first kappa shape index (κ1) is 34.0. The third kappa shape index (κ3) is 5.93. The van der Waals surface area contributed by atoms with Gasteiger partial charge in [-0.3, -0.25) is 0 Å². The standard InChI is InChI=1S/C46H34O6S2/c47-53(48,49)45-27-26-44(40-21-7-8-22-41(40)45)52-54(50,51)46-42(38-24-10-16-31-13-2-5-19-35(31)38)28-33(37-23-9-15-30-12-1-4-18-34(30)37)29-43(46)39-25-11-17-32-14-3-6-20-36(32)39/h1-6,9-20,23-29H,7-8,21-22H2,(H,47,48,49)/p-1. The van der Waals surface area contributed by atoms with E-state index < -0.39 is 20.2 Å². The van der Waals surface area contributed by atoms with Crippen LogP contribution in [0.4, 0.5) is 0 Å². The minimum absolute atomic E-state index is 0.00993. The van der Waals surface area contributed by atoms with Crippen LogP contribution >= 0.6 is 0 Å². The number of fused-ring (bicyclic) bond motifs is 4. The Morgan fingerprint density at radius 2 is 0.907 bits per heavy atom. The third-order valence-corrected chi connectivity index (χ3v) is 12.8. The number of benzene rings is 8. The summed E-state index contributed by atoms with van der Waals surface area (Å²) >= 11 is 0. The molecule has 0 spiro atoms. The molecule has 0 aliphatic heterocycles. The molecule has 54 heavy (non-hydrogen) atoms. The Labute approximate surface area is 314 Å². The maximum absolute atomic E-state index is 15.3. The van der Waals surface area contributed by atoms with Crippen molar-refractivity contribution in [3.05, 3.63) is 163 Å². The summed E-state index contributed by atoms with van der Waals surface area (Å²) < 4.78 is 73.5. The lowest BCUT2D eigenvalue weighted by Gasteiger charge is -2.25. The van der Waals surface area contributed by atoms with Crippen molar-refractivity contribution >= 4 is 52.6 Å². The summed E-state index contributed by atoms with van der Waals surface area (Å²) in [6.07, 6.45) is 2.10. The van der Waals surface area contributed by atoms with Crippen LogP contribution < -0.4 is 4.18 Å². The minimum atomic E-state index is -4.79. The van der Waals surface area contributed by atoms with Crippen molar-refractivity contribution in [2.75, 3.05) is 0 Å². The van der Waals surface area contributed by atoms with Gasteiger partial charge >= 0.3 is 10.1 Å². The lowest BCUT2D eigenvalue weighted by Crippen LogP contribution is -2.17. The summed E-state index contributed by atoms with van der Waals surface area (Å²) in [4.78, 5) is -0.335. The SMILES string of the molecule is O=S(=O)([O-])c1ccc(OS(=O)(=O)c2c(-c3cccc4ccccc34)cc(-c3cccc4ccccc34)cc2-c2cccc3ccccc23)c2c1CCCC2. The highest BCUT2D eigenvalue weighted by Crippen LogP contribution is 2.46. The number of hydrogen-bond acceptors (Lipinski definition) is 6. The summed E-state index contributed by atoms with van der Waals surface area (Å²) in [5, 5.41) is 5.73. The Morgan fingerprint density at radius 3 is 1.43 bits per heavy atom. The zero-order valence-electron chi connectivity index (χ0n) is 29.0. The second-order valence-electron chi connectivity index (χ2n) is 13.7. The monoisotopic (exact) mass is 745 g/mol. The molecular formula is C46H33O6S2-.